The summed E-state index contributed by atoms with van der Waals surface area (Å²) in [5, 5.41) is 8.42. The van der Waals surface area contributed by atoms with Gasteiger partial charge in [0.15, 0.2) is 5.82 Å². The van der Waals surface area contributed by atoms with E-state index in [0.29, 0.717) is 6.54 Å². The fourth-order valence-electron chi connectivity index (χ4n) is 3.41. The maximum absolute atomic E-state index is 11.5. The lowest BCUT2D eigenvalue weighted by Gasteiger charge is -2.11. The molecule has 3 aromatic heterocycles. The van der Waals surface area contributed by atoms with Gasteiger partial charge in [0.2, 0.25) is 5.91 Å². The molecule has 3 N–H and O–H groups in total. The molecule has 4 aromatic rings. The van der Waals surface area contributed by atoms with Gasteiger partial charge < -0.3 is 11.1 Å². The van der Waals surface area contributed by atoms with Crippen LogP contribution in [0, 0.1) is 6.92 Å². The summed E-state index contributed by atoms with van der Waals surface area (Å²) in [6.07, 6.45) is 1.81. The molecule has 30 heavy (non-hydrogen) atoms. The van der Waals surface area contributed by atoms with Crippen LogP contribution in [0.25, 0.3) is 28.0 Å². The van der Waals surface area contributed by atoms with Crippen LogP contribution >= 0.6 is 0 Å². The molecule has 0 radical (unpaired) electrons. The minimum Gasteiger partial charge on any atom is -0.352 e. The quantitative estimate of drug-likeness (QED) is 0.535. The Morgan fingerprint density at radius 3 is 2.70 bits per heavy atom. The first-order chi connectivity index (χ1) is 14.4. The molecule has 0 bridgehead atoms. The molecule has 0 saturated carbocycles. The number of amides is 1. The average Bonchev–Trinajstić information content (AvgIpc) is 3.16. The first-order valence-corrected chi connectivity index (χ1v) is 9.84. The van der Waals surface area contributed by atoms with E-state index in [1.165, 1.54) is 6.92 Å². The number of pyridine rings is 2. The zero-order valence-electron chi connectivity index (χ0n) is 17.3. The van der Waals surface area contributed by atoms with Crippen molar-refractivity contribution in [2.75, 3.05) is 0 Å². The average molecular weight is 400 g/mol. The maximum atomic E-state index is 11.5. The Balaban J connectivity index is 1.91. The van der Waals surface area contributed by atoms with Crippen LogP contribution < -0.4 is 11.1 Å². The summed E-state index contributed by atoms with van der Waals surface area (Å²) in [7, 11) is 0. The van der Waals surface area contributed by atoms with Crippen molar-refractivity contribution in [1.82, 2.24) is 25.1 Å². The number of fused-ring (bicyclic) bond motifs is 1. The number of nitrogens with one attached hydrogen (secondary N) is 1. The Bertz CT molecular complexity index is 1230. The minimum atomic E-state index is -0.158. The lowest BCUT2D eigenvalue weighted by atomic mass is 10.0. The second kappa shape index (κ2) is 8.04. The number of hydrogen-bond acceptors (Lipinski definition) is 5. The Labute approximate surface area is 175 Å². The number of carbonyl (C=O) groups is 1. The zero-order chi connectivity index (χ0) is 21.3. The summed E-state index contributed by atoms with van der Waals surface area (Å²) in [4.78, 5) is 20.9. The van der Waals surface area contributed by atoms with Crippen molar-refractivity contribution in [2.45, 2.75) is 33.4 Å². The van der Waals surface area contributed by atoms with Crippen molar-refractivity contribution in [3.05, 3.63) is 71.7 Å². The molecule has 0 spiro atoms. The topological polar surface area (TPSA) is 98.7 Å². The molecule has 0 aliphatic rings. The first-order valence-electron chi connectivity index (χ1n) is 9.84. The van der Waals surface area contributed by atoms with Gasteiger partial charge in [-0.25, -0.2) is 9.67 Å². The van der Waals surface area contributed by atoms with Crippen LogP contribution in [-0.4, -0.2) is 25.7 Å². The third kappa shape index (κ3) is 3.92. The number of rotatable bonds is 5. The summed E-state index contributed by atoms with van der Waals surface area (Å²) in [6, 6.07) is 15.6. The molecule has 0 fully saturated rings. The molecule has 1 aromatic carbocycles. The standard InChI is InChI=1S/C23H24N6O/c1-14-6-4-9-23(27-14)29-22-11-17(21-8-5-7-20(28-21)15(2)24)10-18(12-25-16(3)30)19(22)13-26-29/h4-11,13,15H,12,24H2,1-3H3,(H,25,30). The van der Waals surface area contributed by atoms with Crippen LogP contribution in [-0.2, 0) is 11.3 Å². The predicted octanol–water partition coefficient (Wildman–Crippen LogP) is 3.45. The Morgan fingerprint density at radius 1 is 1.17 bits per heavy atom. The van der Waals surface area contributed by atoms with Gasteiger partial charge in [-0.1, -0.05) is 12.1 Å². The van der Waals surface area contributed by atoms with Gasteiger partial charge in [-0.15, -0.1) is 0 Å². The molecule has 7 nitrogen and oxygen atoms in total. The zero-order valence-corrected chi connectivity index (χ0v) is 17.3. The number of carbonyl (C=O) groups excluding carboxylic acids is 1. The van der Waals surface area contributed by atoms with Crippen molar-refractivity contribution < 1.29 is 4.79 Å². The number of nitrogens with two attached hydrogens (primary N) is 1. The van der Waals surface area contributed by atoms with E-state index in [1.807, 2.05) is 67.2 Å². The van der Waals surface area contributed by atoms with E-state index in [2.05, 4.69) is 21.5 Å². The number of benzene rings is 1. The highest BCUT2D eigenvalue weighted by molar-refractivity contribution is 5.88. The molecule has 7 heteroatoms. The fourth-order valence-corrected chi connectivity index (χ4v) is 3.41. The third-order valence-electron chi connectivity index (χ3n) is 4.93. The highest BCUT2D eigenvalue weighted by atomic mass is 16.1. The van der Waals surface area contributed by atoms with Crippen LogP contribution in [0.3, 0.4) is 0 Å². The monoisotopic (exact) mass is 400 g/mol. The van der Waals surface area contributed by atoms with E-state index in [0.717, 1.165) is 44.9 Å². The highest BCUT2D eigenvalue weighted by Gasteiger charge is 2.14. The van der Waals surface area contributed by atoms with Crippen molar-refractivity contribution in [3.63, 3.8) is 0 Å². The summed E-state index contributed by atoms with van der Waals surface area (Å²) >= 11 is 0. The normalized spacial score (nSPS) is 12.1. The largest absolute Gasteiger partial charge is 0.352 e. The number of aryl methyl sites for hydroxylation is 1. The Kier molecular flexibility index (Phi) is 5.29. The summed E-state index contributed by atoms with van der Waals surface area (Å²) in [6.45, 7) is 5.77. The van der Waals surface area contributed by atoms with Gasteiger partial charge in [0.25, 0.3) is 0 Å². The lowest BCUT2D eigenvalue weighted by Crippen LogP contribution is -2.19. The number of hydrogen-bond donors (Lipinski definition) is 2. The molecule has 3 heterocycles. The first kappa shape index (κ1) is 19.7. The Hall–Kier alpha value is -3.58. The van der Waals surface area contributed by atoms with E-state index < -0.39 is 0 Å². The van der Waals surface area contributed by atoms with E-state index in [4.69, 9.17) is 10.7 Å². The van der Waals surface area contributed by atoms with Crippen molar-refractivity contribution >= 4 is 16.8 Å². The molecule has 152 valence electrons. The van der Waals surface area contributed by atoms with Crippen molar-refractivity contribution in [3.8, 4) is 17.1 Å². The van der Waals surface area contributed by atoms with Gasteiger partial charge in [-0.2, -0.15) is 5.10 Å². The molecule has 1 atom stereocenters. The van der Waals surface area contributed by atoms with Gasteiger partial charge in [0.05, 0.1) is 23.1 Å². The highest BCUT2D eigenvalue weighted by Crippen LogP contribution is 2.29. The predicted molar refractivity (Wildman–Crippen MR) is 117 cm³/mol. The van der Waals surface area contributed by atoms with Crippen LogP contribution in [0.5, 0.6) is 0 Å². The van der Waals surface area contributed by atoms with E-state index >= 15 is 0 Å². The summed E-state index contributed by atoms with van der Waals surface area (Å²) < 4.78 is 1.82. The Morgan fingerprint density at radius 2 is 1.97 bits per heavy atom. The van der Waals surface area contributed by atoms with Gasteiger partial charge in [0.1, 0.15) is 0 Å². The van der Waals surface area contributed by atoms with Gasteiger partial charge in [-0.3, -0.25) is 9.78 Å². The van der Waals surface area contributed by atoms with Crippen LogP contribution in [0.15, 0.2) is 54.7 Å². The van der Waals surface area contributed by atoms with Gasteiger partial charge in [-0.05, 0) is 55.8 Å². The van der Waals surface area contributed by atoms with Crippen LogP contribution in [0.1, 0.15) is 36.8 Å². The molecular weight excluding hydrogens is 376 g/mol. The smallest absolute Gasteiger partial charge is 0.217 e. The second-order valence-electron chi connectivity index (χ2n) is 7.41. The van der Waals surface area contributed by atoms with Crippen molar-refractivity contribution in [2.24, 2.45) is 5.73 Å². The van der Waals surface area contributed by atoms with E-state index in [-0.39, 0.29) is 11.9 Å². The number of aromatic nitrogens is 4. The maximum Gasteiger partial charge on any atom is 0.217 e. The van der Waals surface area contributed by atoms with Crippen LogP contribution in [0.2, 0.25) is 0 Å². The van der Waals surface area contributed by atoms with E-state index in [9.17, 15) is 4.79 Å². The molecular formula is C23H24N6O. The molecule has 1 unspecified atom stereocenters. The molecule has 0 aliphatic heterocycles. The summed E-state index contributed by atoms with van der Waals surface area (Å²) in [5.41, 5.74) is 11.4. The fraction of sp³-hybridized carbons (Fsp3) is 0.217. The van der Waals surface area contributed by atoms with Crippen molar-refractivity contribution in [1.29, 1.82) is 0 Å². The number of nitrogens with zero attached hydrogens (tertiary/aromatic N) is 4. The molecule has 1 amide bonds. The second-order valence-corrected chi connectivity index (χ2v) is 7.41. The van der Waals surface area contributed by atoms with E-state index in [1.54, 1.807) is 0 Å². The summed E-state index contributed by atoms with van der Waals surface area (Å²) in [5.74, 6) is 0.656. The molecule has 0 saturated heterocycles. The van der Waals surface area contributed by atoms with Crippen LogP contribution in [0.4, 0.5) is 0 Å². The molecule has 0 aliphatic carbocycles. The van der Waals surface area contributed by atoms with Gasteiger partial charge in [0, 0.05) is 36.2 Å². The molecule has 4 rings (SSSR count). The lowest BCUT2D eigenvalue weighted by molar-refractivity contribution is -0.119. The SMILES string of the molecule is CC(=O)NCc1cc(-c2cccc(C(C)N)n2)cc2c1cnn2-c1cccc(C)n1. The minimum absolute atomic E-state index is 0.0848. The third-order valence-corrected chi connectivity index (χ3v) is 4.93. The van der Waals surface area contributed by atoms with Gasteiger partial charge >= 0.3 is 0 Å².